The molecule has 1 aromatic heterocycles. The molecule has 20 heavy (non-hydrogen) atoms. The van der Waals surface area contributed by atoms with E-state index in [4.69, 9.17) is 16.3 Å². The molecule has 5 heteroatoms. The van der Waals surface area contributed by atoms with Crippen LogP contribution in [0.5, 0.6) is 0 Å². The van der Waals surface area contributed by atoms with Crippen molar-refractivity contribution in [3.63, 3.8) is 0 Å². The summed E-state index contributed by atoms with van der Waals surface area (Å²) in [7, 11) is 0. The maximum absolute atomic E-state index is 11.1. The van der Waals surface area contributed by atoms with Gasteiger partial charge in [-0.15, -0.1) is 0 Å². The Morgan fingerprint density at radius 1 is 1.45 bits per heavy atom. The van der Waals surface area contributed by atoms with Gasteiger partial charge in [0.1, 0.15) is 0 Å². The zero-order chi connectivity index (χ0) is 14.4. The largest absolute Gasteiger partial charge is 0.463 e. The summed E-state index contributed by atoms with van der Waals surface area (Å²) in [5, 5.41) is 4.76. The fraction of sp³-hybridized carbons (Fsp3) is 0.200. The SMILES string of the molecule is CCOC(=O)/C=C/CNc1ccc(Cl)c2cccnc12. The summed E-state index contributed by atoms with van der Waals surface area (Å²) in [6, 6.07) is 7.46. The van der Waals surface area contributed by atoms with Gasteiger partial charge in [-0.1, -0.05) is 17.7 Å². The van der Waals surface area contributed by atoms with E-state index in [9.17, 15) is 4.79 Å². The van der Waals surface area contributed by atoms with Gasteiger partial charge in [0.25, 0.3) is 0 Å². The lowest BCUT2D eigenvalue weighted by atomic mass is 10.2. The normalized spacial score (nSPS) is 10.9. The van der Waals surface area contributed by atoms with Gasteiger partial charge in [0, 0.05) is 24.2 Å². The molecule has 2 rings (SSSR count). The van der Waals surface area contributed by atoms with Crippen LogP contribution in [-0.2, 0) is 9.53 Å². The third-order valence-electron chi connectivity index (χ3n) is 2.67. The van der Waals surface area contributed by atoms with E-state index in [1.54, 1.807) is 19.2 Å². The number of carbonyl (C=O) groups is 1. The van der Waals surface area contributed by atoms with Crippen LogP contribution in [0.3, 0.4) is 0 Å². The molecule has 0 aliphatic rings. The van der Waals surface area contributed by atoms with E-state index >= 15 is 0 Å². The van der Waals surface area contributed by atoms with E-state index in [0.29, 0.717) is 18.2 Å². The molecule has 0 radical (unpaired) electrons. The number of ether oxygens (including phenoxy) is 1. The van der Waals surface area contributed by atoms with E-state index < -0.39 is 0 Å². The fourth-order valence-corrected chi connectivity index (χ4v) is 2.01. The lowest BCUT2D eigenvalue weighted by molar-refractivity contribution is -0.137. The molecule has 1 N–H and O–H groups in total. The van der Waals surface area contributed by atoms with Crippen LogP contribution in [0.2, 0.25) is 5.02 Å². The van der Waals surface area contributed by atoms with E-state index in [1.165, 1.54) is 6.08 Å². The van der Waals surface area contributed by atoms with E-state index in [-0.39, 0.29) is 5.97 Å². The zero-order valence-corrected chi connectivity index (χ0v) is 11.9. The number of benzene rings is 1. The monoisotopic (exact) mass is 290 g/mol. The summed E-state index contributed by atoms with van der Waals surface area (Å²) < 4.78 is 4.80. The Labute approximate surface area is 122 Å². The molecule has 0 spiro atoms. The van der Waals surface area contributed by atoms with Gasteiger partial charge in [-0.05, 0) is 31.2 Å². The molecule has 0 fully saturated rings. The van der Waals surface area contributed by atoms with Gasteiger partial charge in [-0.3, -0.25) is 4.98 Å². The Bertz CT molecular complexity index is 641. The van der Waals surface area contributed by atoms with Gasteiger partial charge in [0.05, 0.1) is 22.8 Å². The first-order valence-electron chi connectivity index (χ1n) is 6.32. The van der Waals surface area contributed by atoms with Crippen LogP contribution in [0.25, 0.3) is 10.9 Å². The van der Waals surface area contributed by atoms with Crippen LogP contribution in [0.1, 0.15) is 6.92 Å². The highest BCUT2D eigenvalue weighted by Gasteiger charge is 2.04. The molecule has 0 aliphatic carbocycles. The Morgan fingerprint density at radius 2 is 2.30 bits per heavy atom. The first-order chi connectivity index (χ1) is 9.72. The van der Waals surface area contributed by atoms with Crippen molar-refractivity contribution in [3.8, 4) is 0 Å². The summed E-state index contributed by atoms with van der Waals surface area (Å²) in [5.41, 5.74) is 1.68. The summed E-state index contributed by atoms with van der Waals surface area (Å²) in [6.45, 7) is 2.66. The van der Waals surface area contributed by atoms with Crippen molar-refractivity contribution in [1.29, 1.82) is 0 Å². The molecule has 1 aromatic carbocycles. The molecule has 1 heterocycles. The number of aromatic nitrogens is 1. The number of carbonyl (C=O) groups excluding carboxylic acids is 1. The lowest BCUT2D eigenvalue weighted by Gasteiger charge is -2.08. The van der Waals surface area contributed by atoms with Gasteiger partial charge < -0.3 is 10.1 Å². The number of halogens is 1. The number of hydrogen-bond donors (Lipinski definition) is 1. The van der Waals surface area contributed by atoms with E-state index in [1.807, 2.05) is 24.3 Å². The van der Waals surface area contributed by atoms with Gasteiger partial charge in [-0.2, -0.15) is 0 Å². The van der Waals surface area contributed by atoms with Gasteiger partial charge in [0.15, 0.2) is 0 Å². The minimum Gasteiger partial charge on any atom is -0.463 e. The Balaban J connectivity index is 2.07. The number of nitrogens with zero attached hydrogens (tertiary/aromatic N) is 1. The standard InChI is InChI=1S/C15H15ClN2O2/c1-2-20-14(19)6-4-9-17-13-8-7-12(16)11-5-3-10-18-15(11)13/h3-8,10,17H,2,9H2,1H3/b6-4+. The molecule has 0 bridgehead atoms. The highest BCUT2D eigenvalue weighted by molar-refractivity contribution is 6.35. The summed E-state index contributed by atoms with van der Waals surface area (Å²) >= 11 is 6.12. The first kappa shape index (κ1) is 14.3. The lowest BCUT2D eigenvalue weighted by Crippen LogP contribution is -2.03. The van der Waals surface area contributed by atoms with Gasteiger partial charge >= 0.3 is 5.97 Å². The Hall–Kier alpha value is -2.07. The number of esters is 1. The van der Waals surface area contributed by atoms with Crippen molar-refractivity contribution >= 4 is 34.2 Å². The van der Waals surface area contributed by atoms with E-state index in [2.05, 4.69) is 10.3 Å². The molecule has 0 amide bonds. The number of pyridine rings is 1. The van der Waals surface area contributed by atoms with Crippen molar-refractivity contribution in [1.82, 2.24) is 4.98 Å². The third kappa shape index (κ3) is 3.48. The highest BCUT2D eigenvalue weighted by Crippen LogP contribution is 2.27. The third-order valence-corrected chi connectivity index (χ3v) is 3.00. The van der Waals surface area contributed by atoms with E-state index in [0.717, 1.165) is 16.6 Å². The molecule has 0 saturated carbocycles. The van der Waals surface area contributed by atoms with Crippen LogP contribution < -0.4 is 5.32 Å². The molecule has 0 saturated heterocycles. The molecule has 0 aliphatic heterocycles. The minimum absolute atomic E-state index is 0.339. The molecule has 104 valence electrons. The quantitative estimate of drug-likeness (QED) is 0.677. The summed E-state index contributed by atoms with van der Waals surface area (Å²) in [6.07, 6.45) is 4.84. The molecule has 0 unspecified atom stereocenters. The average Bonchev–Trinajstić information content (AvgIpc) is 2.46. The smallest absolute Gasteiger partial charge is 0.330 e. The van der Waals surface area contributed by atoms with Crippen molar-refractivity contribution in [2.45, 2.75) is 6.92 Å². The number of rotatable bonds is 5. The fourth-order valence-electron chi connectivity index (χ4n) is 1.79. The molecular weight excluding hydrogens is 276 g/mol. The predicted molar refractivity (Wildman–Crippen MR) is 81.0 cm³/mol. The van der Waals surface area contributed by atoms with Gasteiger partial charge in [-0.25, -0.2) is 4.79 Å². The number of fused-ring (bicyclic) bond motifs is 1. The summed E-state index contributed by atoms with van der Waals surface area (Å²) in [4.78, 5) is 15.5. The molecule has 0 atom stereocenters. The van der Waals surface area contributed by atoms with Crippen LogP contribution in [-0.4, -0.2) is 24.1 Å². The molecule has 2 aromatic rings. The zero-order valence-electron chi connectivity index (χ0n) is 11.1. The van der Waals surface area contributed by atoms with Crippen LogP contribution in [0.15, 0.2) is 42.6 Å². The van der Waals surface area contributed by atoms with Crippen molar-refractivity contribution in [3.05, 3.63) is 47.6 Å². The maximum atomic E-state index is 11.1. The predicted octanol–water partition coefficient (Wildman–Crippen LogP) is 3.42. The first-order valence-corrected chi connectivity index (χ1v) is 6.70. The second-order valence-electron chi connectivity index (χ2n) is 4.03. The number of nitrogens with one attached hydrogen (secondary N) is 1. The number of hydrogen-bond acceptors (Lipinski definition) is 4. The Morgan fingerprint density at radius 3 is 3.10 bits per heavy atom. The molecule has 4 nitrogen and oxygen atoms in total. The Kier molecular flexibility index (Phi) is 4.96. The highest BCUT2D eigenvalue weighted by atomic mass is 35.5. The molecular formula is C15H15ClN2O2. The number of anilines is 1. The van der Waals surface area contributed by atoms with Crippen molar-refractivity contribution in [2.75, 3.05) is 18.5 Å². The van der Waals surface area contributed by atoms with Crippen molar-refractivity contribution < 1.29 is 9.53 Å². The van der Waals surface area contributed by atoms with Crippen LogP contribution in [0.4, 0.5) is 5.69 Å². The van der Waals surface area contributed by atoms with Crippen LogP contribution >= 0.6 is 11.6 Å². The second kappa shape index (κ2) is 6.91. The van der Waals surface area contributed by atoms with Crippen molar-refractivity contribution in [2.24, 2.45) is 0 Å². The average molecular weight is 291 g/mol. The second-order valence-corrected chi connectivity index (χ2v) is 4.44. The maximum Gasteiger partial charge on any atom is 0.330 e. The van der Waals surface area contributed by atoms with Gasteiger partial charge in [0.2, 0.25) is 0 Å². The topological polar surface area (TPSA) is 51.2 Å². The summed E-state index contributed by atoms with van der Waals surface area (Å²) in [5.74, 6) is -0.339. The van der Waals surface area contributed by atoms with Crippen LogP contribution in [0, 0.1) is 0 Å². The minimum atomic E-state index is -0.339.